The van der Waals surface area contributed by atoms with Gasteiger partial charge in [-0.15, -0.1) is 17.0 Å². The van der Waals surface area contributed by atoms with E-state index in [1.54, 1.807) is 0 Å². The van der Waals surface area contributed by atoms with Crippen LogP contribution in [0.25, 0.3) is 0 Å². The number of hydrogen-bond donors (Lipinski definition) is 3. The summed E-state index contributed by atoms with van der Waals surface area (Å²) in [6, 6.07) is 10.1. The molecule has 2 rings (SSSR count). The van der Waals surface area contributed by atoms with Gasteiger partial charge >= 0.3 is 0 Å². The second kappa shape index (κ2) is 6.50. The van der Waals surface area contributed by atoms with Crippen molar-refractivity contribution < 1.29 is 5.11 Å². The van der Waals surface area contributed by atoms with E-state index >= 15 is 0 Å². The van der Waals surface area contributed by atoms with Crippen LogP contribution in [0.1, 0.15) is 5.56 Å². The number of benzene rings is 1. The molecule has 1 aromatic rings. The van der Waals surface area contributed by atoms with Crippen LogP contribution >= 0.6 is 17.0 Å². The van der Waals surface area contributed by atoms with Gasteiger partial charge in [-0.1, -0.05) is 30.3 Å². The Kier molecular flexibility index (Phi) is 5.28. The van der Waals surface area contributed by atoms with E-state index in [2.05, 4.69) is 27.8 Å². The van der Waals surface area contributed by atoms with Gasteiger partial charge in [-0.05, 0) is 5.56 Å². The van der Waals surface area contributed by atoms with E-state index in [9.17, 15) is 5.11 Å². The molecule has 0 amide bonds. The Morgan fingerprint density at radius 3 is 2.75 bits per heavy atom. The lowest BCUT2D eigenvalue weighted by molar-refractivity contribution is 0.180. The molecule has 4 nitrogen and oxygen atoms in total. The number of rotatable bonds is 2. The highest BCUT2D eigenvalue weighted by Crippen LogP contribution is 1.97. The van der Waals surface area contributed by atoms with Crippen LogP contribution < -0.4 is 10.6 Å². The minimum absolute atomic E-state index is 0. The first kappa shape index (κ1) is 13.0. The van der Waals surface area contributed by atoms with Crippen LogP contribution in [0.5, 0.6) is 0 Å². The van der Waals surface area contributed by atoms with Gasteiger partial charge in [0.1, 0.15) is 0 Å². The summed E-state index contributed by atoms with van der Waals surface area (Å²) in [5.41, 5.74) is 1.22. The minimum atomic E-state index is -0.354. The summed E-state index contributed by atoms with van der Waals surface area (Å²) in [4.78, 5) is 4.17. The lowest BCUT2D eigenvalue weighted by Crippen LogP contribution is -2.45. The number of β-amino-alcohol motifs (C(OH)–C–C–N with tert-alkyl or cyclic N) is 1. The normalized spacial score (nSPS) is 19.1. The largest absolute Gasteiger partial charge is 0.389 e. The molecule has 1 aromatic carbocycles. The van der Waals surface area contributed by atoms with Crippen molar-refractivity contribution in [3.05, 3.63) is 35.9 Å². The highest BCUT2D eigenvalue weighted by atomic mass is 79.9. The first-order valence-corrected chi connectivity index (χ1v) is 5.09. The van der Waals surface area contributed by atoms with Crippen LogP contribution in [0, 0.1) is 0 Å². The van der Waals surface area contributed by atoms with Gasteiger partial charge in [-0.25, -0.2) is 0 Å². The fourth-order valence-corrected chi connectivity index (χ4v) is 1.43. The van der Waals surface area contributed by atoms with Gasteiger partial charge in [0.15, 0.2) is 5.96 Å². The molecule has 0 bridgehead atoms. The van der Waals surface area contributed by atoms with Crippen molar-refractivity contribution in [2.24, 2.45) is 4.99 Å². The predicted molar refractivity (Wildman–Crippen MR) is 69.9 cm³/mol. The molecule has 1 aliphatic rings. The Bertz CT molecular complexity index is 342. The summed E-state index contributed by atoms with van der Waals surface area (Å²) in [5.74, 6) is 0.768. The number of nitrogens with one attached hydrogen (secondary N) is 2. The number of guanidine groups is 1. The van der Waals surface area contributed by atoms with E-state index in [1.165, 1.54) is 5.56 Å². The molecule has 0 aromatic heterocycles. The van der Waals surface area contributed by atoms with Gasteiger partial charge in [-0.2, -0.15) is 0 Å². The molecule has 0 fully saturated rings. The first-order chi connectivity index (χ1) is 7.34. The number of aliphatic hydroxyl groups excluding tert-OH is 1. The van der Waals surface area contributed by atoms with Crippen LogP contribution in [0.15, 0.2) is 35.3 Å². The topological polar surface area (TPSA) is 56.7 Å². The van der Waals surface area contributed by atoms with E-state index in [0.29, 0.717) is 13.1 Å². The van der Waals surface area contributed by atoms with Gasteiger partial charge in [0, 0.05) is 13.1 Å². The highest BCUT2D eigenvalue weighted by molar-refractivity contribution is 8.93. The van der Waals surface area contributed by atoms with Gasteiger partial charge < -0.3 is 15.7 Å². The fraction of sp³-hybridized carbons (Fsp3) is 0.364. The van der Waals surface area contributed by atoms with Crippen LogP contribution in [-0.4, -0.2) is 30.3 Å². The van der Waals surface area contributed by atoms with E-state index in [1.807, 2.05) is 18.2 Å². The Morgan fingerprint density at radius 2 is 2.12 bits per heavy atom. The molecule has 5 heteroatoms. The van der Waals surface area contributed by atoms with Crippen molar-refractivity contribution in [3.63, 3.8) is 0 Å². The molecule has 1 heterocycles. The lowest BCUT2D eigenvalue weighted by Gasteiger charge is -2.19. The standard InChI is InChI=1S/C11H15N3O.BrH/c15-10-7-13-11(14-8-10)12-6-9-4-2-1-3-5-9;/h1-5,10,15H,6-8H2,(H2,12,13,14);1H. The molecule has 3 N–H and O–H groups in total. The maximum absolute atomic E-state index is 9.21. The average molecular weight is 286 g/mol. The van der Waals surface area contributed by atoms with Crippen LogP contribution in [0.3, 0.4) is 0 Å². The molecule has 1 unspecified atom stereocenters. The number of nitrogens with zero attached hydrogens (tertiary/aromatic N) is 1. The van der Waals surface area contributed by atoms with E-state index < -0.39 is 0 Å². The Labute approximate surface area is 106 Å². The Morgan fingerprint density at radius 1 is 1.38 bits per heavy atom. The monoisotopic (exact) mass is 285 g/mol. The van der Waals surface area contributed by atoms with Gasteiger partial charge in [-0.3, -0.25) is 4.99 Å². The van der Waals surface area contributed by atoms with E-state index in [0.717, 1.165) is 12.5 Å². The van der Waals surface area contributed by atoms with Crippen molar-refractivity contribution in [2.45, 2.75) is 12.6 Å². The van der Waals surface area contributed by atoms with E-state index in [4.69, 9.17) is 0 Å². The zero-order chi connectivity index (χ0) is 10.5. The summed E-state index contributed by atoms with van der Waals surface area (Å²) in [6.07, 6.45) is -0.354. The number of aliphatic imine (C=N–C) groups is 1. The molecule has 0 saturated carbocycles. The third-order valence-corrected chi connectivity index (χ3v) is 2.27. The highest BCUT2D eigenvalue weighted by Gasteiger charge is 2.10. The first-order valence-electron chi connectivity index (χ1n) is 5.09. The van der Waals surface area contributed by atoms with Crippen molar-refractivity contribution in [1.29, 1.82) is 0 Å². The summed E-state index contributed by atoms with van der Waals surface area (Å²) >= 11 is 0. The predicted octanol–water partition coefficient (Wildman–Crippen LogP) is 0.674. The summed E-state index contributed by atoms with van der Waals surface area (Å²) in [7, 11) is 0. The van der Waals surface area contributed by atoms with Crippen LogP contribution in [0.2, 0.25) is 0 Å². The van der Waals surface area contributed by atoms with Crippen molar-refractivity contribution in [3.8, 4) is 0 Å². The molecule has 1 aliphatic heterocycles. The molecule has 16 heavy (non-hydrogen) atoms. The lowest BCUT2D eigenvalue weighted by atomic mass is 10.2. The quantitative estimate of drug-likeness (QED) is 0.749. The van der Waals surface area contributed by atoms with Crippen LogP contribution in [0.4, 0.5) is 0 Å². The number of hydrogen-bond acceptors (Lipinski definition) is 4. The SMILES string of the molecule is Br.OC1CN=C(NCc2ccccc2)NC1. The van der Waals surface area contributed by atoms with E-state index in [-0.39, 0.29) is 23.1 Å². The van der Waals surface area contributed by atoms with Crippen LogP contribution in [-0.2, 0) is 6.54 Å². The third-order valence-electron chi connectivity index (χ3n) is 2.27. The van der Waals surface area contributed by atoms with Crippen molar-refractivity contribution >= 4 is 22.9 Å². The summed E-state index contributed by atoms with van der Waals surface area (Å²) in [5, 5.41) is 15.4. The molecule has 0 radical (unpaired) electrons. The summed E-state index contributed by atoms with van der Waals surface area (Å²) < 4.78 is 0. The summed E-state index contributed by atoms with van der Waals surface area (Å²) in [6.45, 7) is 1.80. The average Bonchev–Trinajstić information content (AvgIpc) is 2.30. The number of halogens is 1. The maximum atomic E-state index is 9.21. The second-order valence-electron chi connectivity index (χ2n) is 3.56. The molecule has 0 spiro atoms. The molecular formula is C11H16BrN3O. The second-order valence-corrected chi connectivity index (χ2v) is 3.56. The van der Waals surface area contributed by atoms with Gasteiger partial charge in [0.25, 0.3) is 0 Å². The molecule has 88 valence electrons. The molecule has 0 saturated heterocycles. The maximum Gasteiger partial charge on any atom is 0.191 e. The van der Waals surface area contributed by atoms with Gasteiger partial charge in [0.05, 0.1) is 12.6 Å². The Hall–Kier alpha value is -1.07. The smallest absolute Gasteiger partial charge is 0.191 e. The minimum Gasteiger partial charge on any atom is -0.389 e. The number of aliphatic hydroxyl groups is 1. The van der Waals surface area contributed by atoms with Crippen molar-refractivity contribution in [1.82, 2.24) is 10.6 Å². The fourth-order valence-electron chi connectivity index (χ4n) is 1.43. The van der Waals surface area contributed by atoms with Crippen molar-refractivity contribution in [2.75, 3.05) is 13.1 Å². The zero-order valence-electron chi connectivity index (χ0n) is 8.89. The Balaban J connectivity index is 0.00000128. The zero-order valence-corrected chi connectivity index (χ0v) is 10.6. The molecular weight excluding hydrogens is 270 g/mol. The third kappa shape index (κ3) is 3.83. The van der Waals surface area contributed by atoms with Gasteiger partial charge in [0.2, 0.25) is 0 Å². The molecule has 0 aliphatic carbocycles. The molecule has 1 atom stereocenters.